The van der Waals surface area contributed by atoms with Crippen LogP contribution in [0, 0.1) is 0 Å². The van der Waals surface area contributed by atoms with E-state index in [4.69, 9.17) is 4.74 Å². The number of hydrogen-bond acceptors (Lipinski definition) is 3. The van der Waals surface area contributed by atoms with Gasteiger partial charge in [-0.15, -0.1) is 0 Å². The molecule has 2 heterocycles. The van der Waals surface area contributed by atoms with Crippen molar-refractivity contribution < 1.29 is 4.74 Å². The molecule has 0 bridgehead atoms. The average molecular weight is 210 g/mol. The molecule has 2 fully saturated rings. The Morgan fingerprint density at radius 3 is 2.53 bits per heavy atom. The fourth-order valence-corrected chi connectivity index (χ4v) is 2.43. The van der Waals surface area contributed by atoms with Crippen molar-refractivity contribution in [1.29, 1.82) is 0 Å². The fourth-order valence-electron chi connectivity index (χ4n) is 2.43. The van der Waals surface area contributed by atoms with E-state index in [-0.39, 0.29) is 0 Å². The van der Waals surface area contributed by atoms with Crippen LogP contribution in [0.4, 0.5) is 0 Å². The van der Waals surface area contributed by atoms with Gasteiger partial charge in [0.15, 0.2) is 0 Å². The van der Waals surface area contributed by atoms with Crippen LogP contribution in [0.2, 0.25) is 0 Å². The van der Waals surface area contributed by atoms with Crippen LogP contribution in [-0.2, 0) is 4.74 Å². The fraction of sp³-hybridized carbons (Fsp3) is 0.833. The van der Waals surface area contributed by atoms with Crippen LogP contribution >= 0.6 is 0 Å². The molecule has 0 radical (unpaired) electrons. The van der Waals surface area contributed by atoms with Gasteiger partial charge in [0.2, 0.25) is 0 Å². The molecular formula is C12H22N2O. The van der Waals surface area contributed by atoms with Gasteiger partial charge in [0.05, 0.1) is 6.61 Å². The lowest BCUT2D eigenvalue weighted by molar-refractivity contribution is 0.180. The van der Waals surface area contributed by atoms with Crippen molar-refractivity contribution in [3.8, 4) is 0 Å². The maximum Gasteiger partial charge on any atom is 0.0620 e. The summed E-state index contributed by atoms with van der Waals surface area (Å²) in [5.41, 5.74) is 1.21. The lowest BCUT2D eigenvalue weighted by atomic mass is 10.0. The van der Waals surface area contributed by atoms with Crippen molar-refractivity contribution in [1.82, 2.24) is 10.2 Å². The van der Waals surface area contributed by atoms with Gasteiger partial charge in [0.25, 0.3) is 0 Å². The number of hydrogen-bond donors (Lipinski definition) is 1. The molecule has 0 aromatic rings. The normalized spacial score (nSPS) is 28.3. The van der Waals surface area contributed by atoms with Crippen molar-refractivity contribution in [2.75, 3.05) is 26.3 Å². The van der Waals surface area contributed by atoms with E-state index in [0.717, 1.165) is 26.3 Å². The van der Waals surface area contributed by atoms with Crippen LogP contribution in [0.25, 0.3) is 0 Å². The first-order chi connectivity index (χ1) is 7.25. The minimum absolute atomic E-state index is 0.603. The van der Waals surface area contributed by atoms with E-state index >= 15 is 0 Å². The van der Waals surface area contributed by atoms with Crippen LogP contribution in [0.15, 0.2) is 12.3 Å². The second-order valence-electron chi connectivity index (χ2n) is 4.72. The third-order valence-electron chi connectivity index (χ3n) is 3.44. The Kier molecular flexibility index (Phi) is 3.65. The quantitative estimate of drug-likeness (QED) is 0.761. The lowest BCUT2D eigenvalue weighted by Crippen LogP contribution is -2.45. The van der Waals surface area contributed by atoms with Gasteiger partial charge in [0.1, 0.15) is 0 Å². The van der Waals surface area contributed by atoms with Gasteiger partial charge in [-0.05, 0) is 26.2 Å². The first kappa shape index (κ1) is 11.0. The van der Waals surface area contributed by atoms with E-state index in [2.05, 4.69) is 23.7 Å². The first-order valence-electron chi connectivity index (χ1n) is 6.00. The Morgan fingerprint density at radius 2 is 2.00 bits per heavy atom. The molecule has 86 valence electrons. The summed E-state index contributed by atoms with van der Waals surface area (Å²) in [7, 11) is 0. The number of nitrogens with one attached hydrogen (secondary N) is 1. The minimum atomic E-state index is 0.603. The Hall–Kier alpha value is -0.540. The van der Waals surface area contributed by atoms with Crippen molar-refractivity contribution in [3.63, 3.8) is 0 Å². The highest BCUT2D eigenvalue weighted by molar-refractivity contribution is 4.93. The van der Waals surface area contributed by atoms with E-state index in [9.17, 15) is 0 Å². The summed E-state index contributed by atoms with van der Waals surface area (Å²) < 4.78 is 5.37. The SMILES string of the molecule is C=C(C)N1CCC(N[C@@H]2CCOC2)CC1. The number of likely N-dealkylation sites (tertiary alicyclic amines) is 1. The summed E-state index contributed by atoms with van der Waals surface area (Å²) in [6.07, 6.45) is 3.66. The van der Waals surface area contributed by atoms with Crippen molar-refractivity contribution in [2.45, 2.75) is 38.3 Å². The summed E-state index contributed by atoms with van der Waals surface area (Å²) in [5, 5.41) is 3.70. The van der Waals surface area contributed by atoms with Crippen molar-refractivity contribution in [3.05, 3.63) is 12.3 Å². The third-order valence-corrected chi connectivity index (χ3v) is 3.44. The van der Waals surface area contributed by atoms with Gasteiger partial charge in [0, 0.05) is 37.5 Å². The molecule has 3 nitrogen and oxygen atoms in total. The molecule has 0 aromatic carbocycles. The molecule has 1 atom stereocenters. The minimum Gasteiger partial charge on any atom is -0.380 e. The lowest BCUT2D eigenvalue weighted by Gasteiger charge is -2.35. The summed E-state index contributed by atoms with van der Waals surface area (Å²) in [4.78, 5) is 2.38. The summed E-state index contributed by atoms with van der Waals surface area (Å²) in [5.74, 6) is 0. The van der Waals surface area contributed by atoms with E-state index in [1.54, 1.807) is 0 Å². The van der Waals surface area contributed by atoms with E-state index in [1.807, 2.05) is 0 Å². The standard InChI is InChI=1S/C12H22N2O/c1-10(2)14-6-3-11(4-7-14)13-12-5-8-15-9-12/h11-13H,1,3-9H2,2H3/t12-/m1/s1. The van der Waals surface area contributed by atoms with Gasteiger partial charge < -0.3 is 15.0 Å². The zero-order valence-electron chi connectivity index (χ0n) is 9.67. The van der Waals surface area contributed by atoms with Crippen molar-refractivity contribution in [2.24, 2.45) is 0 Å². The number of allylic oxidation sites excluding steroid dienone is 1. The molecule has 0 aromatic heterocycles. The summed E-state index contributed by atoms with van der Waals surface area (Å²) >= 11 is 0. The van der Waals surface area contributed by atoms with Gasteiger partial charge in [-0.1, -0.05) is 6.58 Å². The second kappa shape index (κ2) is 4.99. The third kappa shape index (κ3) is 2.95. The highest BCUT2D eigenvalue weighted by atomic mass is 16.5. The van der Waals surface area contributed by atoms with Gasteiger partial charge in [-0.3, -0.25) is 0 Å². The van der Waals surface area contributed by atoms with Gasteiger partial charge in [-0.2, -0.15) is 0 Å². The molecule has 1 N–H and O–H groups in total. The predicted octanol–water partition coefficient (Wildman–Crippen LogP) is 1.36. The van der Waals surface area contributed by atoms with Crippen LogP contribution in [-0.4, -0.2) is 43.3 Å². The summed E-state index contributed by atoms with van der Waals surface area (Å²) in [6, 6.07) is 1.29. The van der Waals surface area contributed by atoms with E-state index in [0.29, 0.717) is 12.1 Å². The van der Waals surface area contributed by atoms with E-state index < -0.39 is 0 Å². The van der Waals surface area contributed by atoms with Crippen LogP contribution in [0.3, 0.4) is 0 Å². The number of rotatable bonds is 3. The smallest absolute Gasteiger partial charge is 0.0620 e. The first-order valence-corrected chi connectivity index (χ1v) is 6.00. The Labute approximate surface area is 92.5 Å². The van der Waals surface area contributed by atoms with E-state index in [1.165, 1.54) is 25.0 Å². The Balaban J connectivity index is 1.71. The zero-order chi connectivity index (χ0) is 10.7. The number of piperidine rings is 1. The van der Waals surface area contributed by atoms with Gasteiger partial charge in [-0.25, -0.2) is 0 Å². The maximum atomic E-state index is 5.37. The molecule has 0 aliphatic carbocycles. The Bertz CT molecular complexity index is 216. The molecule has 2 saturated heterocycles. The monoisotopic (exact) mass is 210 g/mol. The molecule has 0 amide bonds. The van der Waals surface area contributed by atoms with Gasteiger partial charge >= 0.3 is 0 Å². The molecular weight excluding hydrogens is 188 g/mol. The molecule has 0 unspecified atom stereocenters. The highest BCUT2D eigenvalue weighted by Gasteiger charge is 2.23. The van der Waals surface area contributed by atoms with Crippen LogP contribution in [0.5, 0.6) is 0 Å². The maximum absolute atomic E-state index is 5.37. The molecule has 2 rings (SSSR count). The zero-order valence-corrected chi connectivity index (χ0v) is 9.67. The molecule has 0 saturated carbocycles. The molecule has 3 heteroatoms. The molecule has 2 aliphatic rings. The van der Waals surface area contributed by atoms with Crippen LogP contribution in [0.1, 0.15) is 26.2 Å². The Morgan fingerprint density at radius 1 is 1.27 bits per heavy atom. The highest BCUT2D eigenvalue weighted by Crippen LogP contribution is 2.16. The average Bonchev–Trinajstić information content (AvgIpc) is 2.71. The second-order valence-corrected chi connectivity index (χ2v) is 4.72. The molecule has 0 spiro atoms. The topological polar surface area (TPSA) is 24.5 Å². The predicted molar refractivity (Wildman–Crippen MR) is 61.8 cm³/mol. The largest absolute Gasteiger partial charge is 0.380 e. The summed E-state index contributed by atoms with van der Waals surface area (Å²) in [6.45, 7) is 10.2. The number of nitrogens with zero attached hydrogens (tertiary/aromatic N) is 1. The van der Waals surface area contributed by atoms with Crippen molar-refractivity contribution >= 4 is 0 Å². The van der Waals surface area contributed by atoms with Crippen LogP contribution < -0.4 is 5.32 Å². The number of ether oxygens (including phenoxy) is 1. The molecule has 15 heavy (non-hydrogen) atoms. The molecule has 2 aliphatic heterocycles.